The van der Waals surface area contributed by atoms with E-state index in [1.807, 2.05) is 0 Å². The minimum Gasteiger partial charge on any atom is -0.502 e. The quantitative estimate of drug-likeness (QED) is 0.546. The van der Waals surface area contributed by atoms with Crippen LogP contribution in [0.2, 0.25) is 10.0 Å². The van der Waals surface area contributed by atoms with Gasteiger partial charge in [-0.3, -0.25) is 10.1 Å². The molecular formula is C16H9Cl2F3N2O4. The van der Waals surface area contributed by atoms with Gasteiger partial charge in [-0.05, 0) is 30.3 Å². The molecule has 0 radical (unpaired) electrons. The maximum atomic E-state index is 13.9. The summed E-state index contributed by atoms with van der Waals surface area (Å²) >= 11 is 11.6. The number of oxime groups is 1. The predicted octanol–water partition coefficient (Wildman–Crippen LogP) is 5.19. The summed E-state index contributed by atoms with van der Waals surface area (Å²) in [5, 5.41) is 24.0. The molecule has 2 aromatic carbocycles. The molecule has 1 aliphatic heterocycles. The van der Waals surface area contributed by atoms with Gasteiger partial charge in [0.25, 0.3) is 5.60 Å². The molecule has 1 unspecified atom stereocenters. The molecule has 0 saturated heterocycles. The second-order valence-corrected chi connectivity index (χ2v) is 6.62. The third-order valence-electron chi connectivity index (χ3n) is 4.02. The molecule has 1 atom stereocenters. The fraction of sp³-hybridized carbons (Fsp3) is 0.188. The summed E-state index contributed by atoms with van der Waals surface area (Å²) in [6.07, 6.45) is -5.60. The Hall–Kier alpha value is -2.52. The van der Waals surface area contributed by atoms with Crippen molar-refractivity contribution in [1.82, 2.24) is 0 Å². The summed E-state index contributed by atoms with van der Waals surface area (Å²) in [7, 11) is 0. The molecule has 0 fully saturated rings. The Morgan fingerprint density at radius 2 is 1.81 bits per heavy atom. The van der Waals surface area contributed by atoms with Crippen molar-refractivity contribution in [3.05, 3.63) is 67.7 Å². The zero-order valence-electron chi connectivity index (χ0n) is 13.1. The SMILES string of the molecule is O=[N+]([O-])c1ccc(C2=NOC(c3cc(Cl)cc(Cl)c3)(C(F)(F)F)C2)cc1O. The maximum absolute atomic E-state index is 13.9. The molecule has 1 heterocycles. The number of hydrogen-bond donors (Lipinski definition) is 1. The van der Waals surface area contributed by atoms with Crippen molar-refractivity contribution in [3.63, 3.8) is 0 Å². The highest BCUT2D eigenvalue weighted by Gasteiger charge is 2.62. The third kappa shape index (κ3) is 3.40. The number of hydrogen-bond acceptors (Lipinski definition) is 5. The molecule has 11 heteroatoms. The lowest BCUT2D eigenvalue weighted by Gasteiger charge is -2.29. The van der Waals surface area contributed by atoms with E-state index in [1.54, 1.807) is 0 Å². The average molecular weight is 421 g/mol. The van der Waals surface area contributed by atoms with E-state index >= 15 is 0 Å². The summed E-state index contributed by atoms with van der Waals surface area (Å²) in [5.41, 5.74) is -3.83. The minimum atomic E-state index is -4.87. The number of halogens is 5. The maximum Gasteiger partial charge on any atom is 0.435 e. The van der Waals surface area contributed by atoms with Gasteiger partial charge in [0.05, 0.1) is 10.6 Å². The Labute approximate surface area is 159 Å². The summed E-state index contributed by atoms with van der Waals surface area (Å²) in [4.78, 5) is 14.8. The molecule has 1 aliphatic rings. The molecule has 6 nitrogen and oxygen atoms in total. The number of nitrogens with zero attached hydrogens (tertiary/aromatic N) is 2. The Bertz CT molecular complexity index is 945. The van der Waals surface area contributed by atoms with Crippen LogP contribution < -0.4 is 0 Å². The lowest BCUT2D eigenvalue weighted by molar-refractivity contribution is -0.385. The molecule has 142 valence electrons. The molecule has 0 aliphatic carbocycles. The summed E-state index contributed by atoms with van der Waals surface area (Å²) in [5.74, 6) is -0.699. The largest absolute Gasteiger partial charge is 0.502 e. The van der Waals surface area contributed by atoms with Crippen LogP contribution in [-0.2, 0) is 10.4 Å². The van der Waals surface area contributed by atoms with Gasteiger partial charge in [-0.1, -0.05) is 28.4 Å². The van der Waals surface area contributed by atoms with Crippen molar-refractivity contribution in [2.75, 3.05) is 0 Å². The second-order valence-electron chi connectivity index (χ2n) is 5.75. The van der Waals surface area contributed by atoms with Crippen LogP contribution in [0.5, 0.6) is 5.75 Å². The average Bonchev–Trinajstić information content (AvgIpc) is 3.00. The van der Waals surface area contributed by atoms with Crippen LogP contribution in [0.1, 0.15) is 17.5 Å². The van der Waals surface area contributed by atoms with Crippen molar-refractivity contribution >= 4 is 34.6 Å². The third-order valence-corrected chi connectivity index (χ3v) is 4.46. The number of nitro benzene ring substituents is 1. The normalized spacial score (nSPS) is 19.5. The summed E-state index contributed by atoms with van der Waals surface area (Å²) in [6, 6.07) is 6.54. The van der Waals surface area contributed by atoms with Crippen LogP contribution in [0.4, 0.5) is 18.9 Å². The molecular weight excluding hydrogens is 412 g/mol. The minimum absolute atomic E-state index is 0.00819. The Morgan fingerprint density at radius 1 is 1.19 bits per heavy atom. The number of nitro groups is 1. The van der Waals surface area contributed by atoms with E-state index in [4.69, 9.17) is 28.0 Å². The van der Waals surface area contributed by atoms with Crippen molar-refractivity contribution < 1.29 is 28.0 Å². The van der Waals surface area contributed by atoms with E-state index in [0.717, 1.165) is 24.3 Å². The number of rotatable bonds is 3. The highest BCUT2D eigenvalue weighted by molar-refractivity contribution is 6.34. The Morgan fingerprint density at radius 3 is 2.33 bits per heavy atom. The highest BCUT2D eigenvalue weighted by atomic mass is 35.5. The van der Waals surface area contributed by atoms with Crippen LogP contribution in [0, 0.1) is 10.1 Å². The molecule has 2 aromatic rings. The van der Waals surface area contributed by atoms with Crippen LogP contribution in [0.15, 0.2) is 41.6 Å². The van der Waals surface area contributed by atoms with Crippen molar-refractivity contribution in [2.45, 2.75) is 18.2 Å². The first-order valence-electron chi connectivity index (χ1n) is 7.29. The second kappa shape index (κ2) is 6.58. The van der Waals surface area contributed by atoms with E-state index in [9.17, 15) is 28.4 Å². The van der Waals surface area contributed by atoms with E-state index in [1.165, 1.54) is 12.1 Å². The van der Waals surface area contributed by atoms with Crippen LogP contribution in [-0.4, -0.2) is 21.9 Å². The van der Waals surface area contributed by atoms with Crippen molar-refractivity contribution in [1.29, 1.82) is 0 Å². The van der Waals surface area contributed by atoms with E-state index < -0.39 is 34.6 Å². The van der Waals surface area contributed by atoms with Gasteiger partial charge in [-0.2, -0.15) is 13.2 Å². The number of benzene rings is 2. The number of alkyl halides is 3. The summed E-state index contributed by atoms with van der Waals surface area (Å²) < 4.78 is 41.6. The molecule has 0 bridgehead atoms. The van der Waals surface area contributed by atoms with Crippen LogP contribution in [0.25, 0.3) is 0 Å². The van der Waals surface area contributed by atoms with Crippen LogP contribution >= 0.6 is 23.2 Å². The van der Waals surface area contributed by atoms with Crippen molar-refractivity contribution in [2.24, 2.45) is 5.16 Å². The lowest BCUT2D eigenvalue weighted by atomic mass is 9.86. The van der Waals surface area contributed by atoms with Crippen LogP contribution in [0.3, 0.4) is 0 Å². The first-order valence-corrected chi connectivity index (χ1v) is 8.05. The zero-order chi connectivity index (χ0) is 20.0. The molecule has 0 saturated carbocycles. The standard InChI is InChI=1S/C16H9Cl2F3N2O4/c17-10-4-9(5-11(18)6-10)15(16(19,20)21)7-12(22-27-15)8-1-2-13(23(25)26)14(24)3-8/h1-6,24H,7H2. The predicted molar refractivity (Wildman–Crippen MR) is 91.2 cm³/mol. The Balaban J connectivity index is 2.02. The fourth-order valence-corrected chi connectivity index (χ4v) is 3.23. The van der Waals surface area contributed by atoms with Gasteiger partial charge in [0.2, 0.25) is 0 Å². The molecule has 0 spiro atoms. The molecule has 1 N–H and O–H groups in total. The smallest absolute Gasteiger partial charge is 0.435 e. The van der Waals surface area contributed by atoms with Gasteiger partial charge in [0.1, 0.15) is 0 Å². The molecule has 0 amide bonds. The topological polar surface area (TPSA) is 85.0 Å². The van der Waals surface area contributed by atoms with Gasteiger partial charge < -0.3 is 9.94 Å². The van der Waals surface area contributed by atoms with E-state index in [-0.39, 0.29) is 26.9 Å². The van der Waals surface area contributed by atoms with Gasteiger partial charge in [-0.25, -0.2) is 0 Å². The molecule has 27 heavy (non-hydrogen) atoms. The van der Waals surface area contributed by atoms with Gasteiger partial charge >= 0.3 is 11.9 Å². The first-order chi connectivity index (χ1) is 12.5. The lowest BCUT2D eigenvalue weighted by Crippen LogP contribution is -2.42. The van der Waals surface area contributed by atoms with Gasteiger partial charge in [0.15, 0.2) is 5.75 Å². The monoisotopic (exact) mass is 420 g/mol. The zero-order valence-corrected chi connectivity index (χ0v) is 14.6. The first kappa shape index (κ1) is 19.2. The molecule has 3 rings (SSSR count). The number of aromatic hydroxyl groups is 1. The number of phenolic OH excluding ortho intramolecular Hbond substituents is 1. The fourth-order valence-electron chi connectivity index (χ4n) is 2.70. The molecule has 0 aromatic heterocycles. The summed E-state index contributed by atoms with van der Waals surface area (Å²) in [6.45, 7) is 0. The highest BCUT2D eigenvalue weighted by Crippen LogP contribution is 2.50. The van der Waals surface area contributed by atoms with E-state index in [2.05, 4.69) is 5.16 Å². The van der Waals surface area contributed by atoms with E-state index in [0.29, 0.717) is 0 Å². The van der Waals surface area contributed by atoms with Gasteiger partial charge in [-0.15, -0.1) is 0 Å². The number of phenols is 1. The van der Waals surface area contributed by atoms with Crippen molar-refractivity contribution in [3.8, 4) is 5.75 Å². The van der Waals surface area contributed by atoms with Gasteiger partial charge in [0, 0.05) is 33.7 Å². The Kier molecular flexibility index (Phi) is 4.69.